The van der Waals surface area contributed by atoms with Crippen LogP contribution in [0.4, 0.5) is 10.1 Å². The van der Waals surface area contributed by atoms with Crippen molar-refractivity contribution in [2.45, 2.75) is 38.1 Å². The molecule has 152 valence electrons. The minimum absolute atomic E-state index is 0.0980. The minimum atomic E-state index is -0.303. The van der Waals surface area contributed by atoms with Crippen molar-refractivity contribution in [1.29, 1.82) is 0 Å². The Hall–Kier alpha value is -2.40. The van der Waals surface area contributed by atoms with Gasteiger partial charge in [-0.25, -0.2) is 4.39 Å². The Balaban J connectivity index is 1.23. The maximum absolute atomic E-state index is 13.0. The van der Waals surface area contributed by atoms with Crippen LogP contribution in [0.2, 0.25) is 0 Å². The molecular weight excluding hydrogens is 367 g/mol. The van der Waals surface area contributed by atoms with Crippen LogP contribution in [0.5, 0.6) is 5.75 Å². The Bertz CT molecular complexity index is 927. The summed E-state index contributed by atoms with van der Waals surface area (Å²) in [6.07, 6.45) is 2.51. The van der Waals surface area contributed by atoms with E-state index in [-0.39, 0.29) is 11.6 Å². The van der Waals surface area contributed by atoms with E-state index >= 15 is 0 Å². The number of aryl methyl sites for hydroxylation is 1. The van der Waals surface area contributed by atoms with Crippen molar-refractivity contribution in [3.8, 4) is 5.75 Å². The second-order valence-electron chi connectivity index (χ2n) is 8.48. The van der Waals surface area contributed by atoms with Crippen LogP contribution in [0.3, 0.4) is 0 Å². The molecule has 0 bridgehead atoms. The molecule has 0 radical (unpaired) electrons. The number of nitrogens with zero attached hydrogens (tertiary/aromatic N) is 2. The maximum Gasteiger partial charge on any atom is 0.162 e. The van der Waals surface area contributed by atoms with E-state index in [4.69, 9.17) is 4.74 Å². The van der Waals surface area contributed by atoms with Crippen LogP contribution in [0.1, 0.15) is 46.7 Å². The van der Waals surface area contributed by atoms with Crippen molar-refractivity contribution in [3.63, 3.8) is 0 Å². The number of halogens is 1. The summed E-state index contributed by atoms with van der Waals surface area (Å²) in [4.78, 5) is 17.4. The highest BCUT2D eigenvalue weighted by molar-refractivity contribution is 5.95. The zero-order valence-electron chi connectivity index (χ0n) is 16.9. The van der Waals surface area contributed by atoms with Gasteiger partial charge in [-0.3, -0.25) is 4.79 Å². The van der Waals surface area contributed by atoms with Crippen molar-refractivity contribution >= 4 is 11.5 Å². The molecule has 0 saturated carbocycles. The number of benzene rings is 2. The molecule has 2 aromatic rings. The fraction of sp³-hybridized carbons (Fsp3) is 0.458. The van der Waals surface area contributed by atoms with Crippen LogP contribution >= 0.6 is 0 Å². The first-order valence-electron chi connectivity index (χ1n) is 10.7. The van der Waals surface area contributed by atoms with Gasteiger partial charge in [-0.1, -0.05) is 6.07 Å². The number of piperidine rings is 1. The number of ketones is 1. The topological polar surface area (TPSA) is 32.8 Å². The maximum atomic E-state index is 13.0. The molecule has 29 heavy (non-hydrogen) atoms. The molecule has 0 spiro atoms. The van der Waals surface area contributed by atoms with Gasteiger partial charge >= 0.3 is 0 Å². The molecule has 1 saturated heterocycles. The summed E-state index contributed by atoms with van der Waals surface area (Å²) in [7, 11) is 0. The average molecular weight is 394 g/mol. The number of fused-ring (bicyclic) bond motifs is 3. The van der Waals surface area contributed by atoms with E-state index in [9.17, 15) is 9.18 Å². The van der Waals surface area contributed by atoms with E-state index in [2.05, 4.69) is 28.9 Å². The van der Waals surface area contributed by atoms with Gasteiger partial charge in [-0.05, 0) is 67.8 Å². The number of ether oxygens (including phenoxy) is 1. The number of carbonyl (C=O) groups is 1. The summed E-state index contributed by atoms with van der Waals surface area (Å²) in [5.74, 6) is 1.36. The predicted octanol–water partition coefficient (Wildman–Crippen LogP) is 4.17. The molecule has 1 fully saturated rings. The molecule has 5 rings (SSSR count). The lowest BCUT2D eigenvalue weighted by Gasteiger charge is -2.40. The molecule has 4 nitrogen and oxygen atoms in total. The minimum Gasteiger partial charge on any atom is -0.490 e. The number of anilines is 1. The van der Waals surface area contributed by atoms with Gasteiger partial charge in [0, 0.05) is 37.0 Å². The molecule has 3 aliphatic heterocycles. The van der Waals surface area contributed by atoms with Crippen molar-refractivity contribution in [2.24, 2.45) is 0 Å². The molecule has 5 heteroatoms. The molecule has 0 aromatic heterocycles. The predicted molar refractivity (Wildman–Crippen MR) is 112 cm³/mol. The molecule has 0 aliphatic carbocycles. The number of rotatable bonds is 5. The van der Waals surface area contributed by atoms with Gasteiger partial charge in [0.25, 0.3) is 0 Å². The monoisotopic (exact) mass is 394 g/mol. The van der Waals surface area contributed by atoms with Crippen molar-refractivity contribution in [1.82, 2.24) is 4.90 Å². The summed E-state index contributed by atoms with van der Waals surface area (Å²) < 4.78 is 19.0. The van der Waals surface area contributed by atoms with E-state index in [0.29, 0.717) is 23.9 Å². The second-order valence-corrected chi connectivity index (χ2v) is 8.48. The van der Waals surface area contributed by atoms with Crippen LogP contribution in [-0.2, 0) is 0 Å². The first-order chi connectivity index (χ1) is 14.1. The average Bonchev–Trinajstić information content (AvgIpc) is 3.07. The van der Waals surface area contributed by atoms with Crippen LogP contribution in [0.25, 0.3) is 0 Å². The number of likely N-dealkylation sites (tertiary alicyclic amines) is 1. The molecule has 2 aromatic carbocycles. The highest BCUT2D eigenvalue weighted by Crippen LogP contribution is 2.51. The van der Waals surface area contributed by atoms with Gasteiger partial charge in [0.15, 0.2) is 5.78 Å². The first-order valence-corrected chi connectivity index (χ1v) is 10.7. The lowest BCUT2D eigenvalue weighted by molar-refractivity contribution is 0.0971. The smallest absolute Gasteiger partial charge is 0.162 e. The van der Waals surface area contributed by atoms with E-state index in [0.717, 1.165) is 51.4 Å². The Labute approximate surface area is 171 Å². The fourth-order valence-corrected chi connectivity index (χ4v) is 5.38. The van der Waals surface area contributed by atoms with Crippen LogP contribution in [-0.4, -0.2) is 49.5 Å². The van der Waals surface area contributed by atoms with Crippen LogP contribution in [0.15, 0.2) is 36.4 Å². The molecule has 3 heterocycles. The highest BCUT2D eigenvalue weighted by Gasteiger charge is 2.45. The molecule has 0 unspecified atom stereocenters. The van der Waals surface area contributed by atoms with E-state index in [1.165, 1.54) is 28.9 Å². The normalized spacial score (nSPS) is 22.8. The Morgan fingerprint density at radius 2 is 2.00 bits per heavy atom. The van der Waals surface area contributed by atoms with Crippen molar-refractivity contribution < 1.29 is 13.9 Å². The third kappa shape index (κ3) is 3.31. The molecular formula is C24H27FN2O2. The Morgan fingerprint density at radius 1 is 1.17 bits per heavy atom. The van der Waals surface area contributed by atoms with Gasteiger partial charge in [0.2, 0.25) is 0 Å². The lowest BCUT2D eigenvalue weighted by atomic mass is 9.86. The molecule has 0 amide bonds. The SMILES string of the molecule is Cc1ccc2c3c1[C@H]1CN(CCCC(=O)c4ccc(F)cc4)CC[C@H]1N3CCO2. The standard InChI is InChI=1S/C24H27FN2O2/c1-16-4-9-22-24-23(16)19-15-26(12-10-20(19)27(24)13-14-29-22)11-2-3-21(28)17-5-7-18(25)8-6-17/h4-9,19-20H,2-3,10-15H2,1H3/t19-,20+/m0/s1. The van der Waals surface area contributed by atoms with Crippen molar-refractivity contribution in [2.75, 3.05) is 37.7 Å². The fourth-order valence-electron chi connectivity index (χ4n) is 5.38. The van der Waals surface area contributed by atoms with Gasteiger partial charge in [-0.15, -0.1) is 0 Å². The Kier molecular flexibility index (Phi) is 4.78. The molecule has 3 aliphatic rings. The number of hydrogen-bond acceptors (Lipinski definition) is 4. The Morgan fingerprint density at radius 3 is 2.83 bits per heavy atom. The number of Topliss-reactive ketones (excluding diaryl/α,β-unsaturated/α-hetero) is 1. The highest BCUT2D eigenvalue weighted by atomic mass is 19.1. The molecule has 0 N–H and O–H groups in total. The summed E-state index contributed by atoms with van der Waals surface area (Å²) in [5.41, 5.74) is 4.77. The van der Waals surface area contributed by atoms with Gasteiger partial charge < -0.3 is 14.5 Å². The van der Waals surface area contributed by atoms with E-state index in [1.54, 1.807) is 12.1 Å². The summed E-state index contributed by atoms with van der Waals surface area (Å²) in [5, 5.41) is 0. The zero-order chi connectivity index (χ0) is 20.0. The largest absolute Gasteiger partial charge is 0.490 e. The summed E-state index contributed by atoms with van der Waals surface area (Å²) >= 11 is 0. The summed E-state index contributed by atoms with van der Waals surface area (Å²) in [6.45, 7) is 7.02. The number of hydrogen-bond donors (Lipinski definition) is 0. The van der Waals surface area contributed by atoms with Crippen molar-refractivity contribution in [3.05, 3.63) is 58.9 Å². The lowest BCUT2D eigenvalue weighted by Crippen LogP contribution is -2.48. The van der Waals surface area contributed by atoms with Crippen LogP contribution in [0, 0.1) is 12.7 Å². The third-order valence-corrected chi connectivity index (χ3v) is 6.75. The van der Waals surface area contributed by atoms with Gasteiger partial charge in [0.05, 0.1) is 12.2 Å². The summed E-state index contributed by atoms with van der Waals surface area (Å²) in [6, 6.07) is 10.8. The number of carbonyl (C=O) groups excluding carboxylic acids is 1. The second kappa shape index (κ2) is 7.45. The zero-order valence-corrected chi connectivity index (χ0v) is 16.9. The third-order valence-electron chi connectivity index (χ3n) is 6.75. The van der Waals surface area contributed by atoms with E-state index in [1.807, 2.05) is 0 Å². The quantitative estimate of drug-likeness (QED) is 0.713. The van der Waals surface area contributed by atoms with E-state index < -0.39 is 0 Å². The van der Waals surface area contributed by atoms with Crippen LogP contribution < -0.4 is 9.64 Å². The first kappa shape index (κ1) is 18.6. The molecule has 2 atom stereocenters. The van der Waals surface area contributed by atoms with Gasteiger partial charge in [-0.2, -0.15) is 0 Å². The van der Waals surface area contributed by atoms with Gasteiger partial charge in [0.1, 0.15) is 18.2 Å².